The number of urea groups is 1. The third kappa shape index (κ3) is 7.14. The van der Waals surface area contributed by atoms with E-state index in [-0.39, 0.29) is 18.1 Å². The molecule has 1 rings (SSSR count). The van der Waals surface area contributed by atoms with Crippen molar-refractivity contribution in [3.8, 4) is 0 Å². The predicted octanol–water partition coefficient (Wildman–Crippen LogP) is 1.81. The number of nitrogens with zero attached hydrogens (tertiary/aromatic N) is 1. The lowest BCUT2D eigenvalue weighted by molar-refractivity contribution is 0.196. The van der Waals surface area contributed by atoms with E-state index in [1.165, 1.54) is 12.8 Å². The molecule has 0 aromatic carbocycles. The minimum absolute atomic E-state index is 0.0663. The molecule has 21 heavy (non-hydrogen) atoms. The van der Waals surface area contributed by atoms with E-state index >= 15 is 0 Å². The zero-order chi connectivity index (χ0) is 15.9. The van der Waals surface area contributed by atoms with Crippen LogP contribution in [0.4, 0.5) is 4.79 Å². The first-order valence-corrected chi connectivity index (χ1v) is 8.20. The van der Waals surface area contributed by atoms with Crippen LogP contribution in [0.5, 0.6) is 0 Å². The third-order valence-electron chi connectivity index (χ3n) is 4.11. The normalized spacial score (nSPS) is 20.0. The highest BCUT2D eigenvalue weighted by molar-refractivity contribution is 5.73. The summed E-state index contributed by atoms with van der Waals surface area (Å²) in [7, 11) is 0. The first-order chi connectivity index (χ1) is 9.84. The molecule has 0 spiro atoms. The molecule has 5 nitrogen and oxygen atoms in total. The molecule has 0 radical (unpaired) electrons. The second kappa shape index (κ2) is 8.59. The maximum absolute atomic E-state index is 11.9. The van der Waals surface area contributed by atoms with E-state index < -0.39 is 0 Å². The highest BCUT2D eigenvalue weighted by Gasteiger charge is 2.25. The Labute approximate surface area is 129 Å². The van der Waals surface area contributed by atoms with Gasteiger partial charge in [-0.25, -0.2) is 4.79 Å². The average Bonchev–Trinajstić information content (AvgIpc) is 2.80. The van der Waals surface area contributed by atoms with Crippen molar-refractivity contribution >= 4 is 6.03 Å². The number of nitrogens with one attached hydrogen (secondary N) is 2. The SMILES string of the molecule is CC(C)CN1CCC[C@H]1CNC(=O)NCC(C)(C)CCO. The maximum atomic E-state index is 11.9. The zero-order valence-electron chi connectivity index (χ0n) is 14.1. The van der Waals surface area contributed by atoms with Crippen molar-refractivity contribution in [2.75, 3.05) is 32.8 Å². The Morgan fingerprint density at radius 3 is 2.71 bits per heavy atom. The van der Waals surface area contributed by atoms with Gasteiger partial charge < -0.3 is 15.7 Å². The van der Waals surface area contributed by atoms with Gasteiger partial charge in [-0.3, -0.25) is 4.90 Å². The van der Waals surface area contributed by atoms with Gasteiger partial charge in [0.1, 0.15) is 0 Å². The summed E-state index contributed by atoms with van der Waals surface area (Å²) in [6.07, 6.45) is 3.09. The Hall–Kier alpha value is -0.810. The number of carbonyl (C=O) groups excluding carboxylic acids is 1. The molecule has 0 aromatic heterocycles. The topological polar surface area (TPSA) is 64.6 Å². The van der Waals surface area contributed by atoms with Crippen LogP contribution in [0.1, 0.15) is 47.0 Å². The molecular weight excluding hydrogens is 266 g/mol. The van der Waals surface area contributed by atoms with Crippen molar-refractivity contribution in [1.29, 1.82) is 0 Å². The van der Waals surface area contributed by atoms with Gasteiger partial charge in [-0.2, -0.15) is 0 Å². The molecule has 0 saturated carbocycles. The fourth-order valence-electron chi connectivity index (χ4n) is 2.82. The molecule has 124 valence electrons. The summed E-state index contributed by atoms with van der Waals surface area (Å²) in [5, 5.41) is 14.9. The van der Waals surface area contributed by atoms with Crippen LogP contribution in [0.15, 0.2) is 0 Å². The molecule has 0 aromatic rings. The largest absolute Gasteiger partial charge is 0.396 e. The summed E-state index contributed by atoms with van der Waals surface area (Å²) in [5.41, 5.74) is -0.0663. The molecule has 3 N–H and O–H groups in total. The van der Waals surface area contributed by atoms with E-state index in [2.05, 4.69) is 29.4 Å². The Bertz CT molecular complexity index is 319. The van der Waals surface area contributed by atoms with Crippen molar-refractivity contribution in [3.63, 3.8) is 0 Å². The molecule has 5 heteroatoms. The summed E-state index contributed by atoms with van der Waals surface area (Å²) in [6.45, 7) is 12.3. The Balaban J connectivity index is 2.26. The lowest BCUT2D eigenvalue weighted by Crippen LogP contribution is -2.46. The van der Waals surface area contributed by atoms with Crippen LogP contribution in [-0.2, 0) is 0 Å². The summed E-state index contributed by atoms with van der Waals surface area (Å²) >= 11 is 0. The van der Waals surface area contributed by atoms with Crippen LogP contribution in [0, 0.1) is 11.3 Å². The van der Waals surface area contributed by atoms with E-state index in [0.717, 1.165) is 19.6 Å². The lowest BCUT2D eigenvalue weighted by Gasteiger charge is -2.27. The van der Waals surface area contributed by atoms with Gasteiger partial charge in [-0.05, 0) is 37.1 Å². The predicted molar refractivity (Wildman–Crippen MR) is 86.3 cm³/mol. The molecule has 1 aliphatic rings. The van der Waals surface area contributed by atoms with Gasteiger partial charge >= 0.3 is 6.03 Å². The fourth-order valence-corrected chi connectivity index (χ4v) is 2.82. The van der Waals surface area contributed by atoms with Crippen LogP contribution >= 0.6 is 0 Å². The van der Waals surface area contributed by atoms with E-state index in [1.54, 1.807) is 0 Å². The number of amides is 2. The molecular formula is C16H33N3O2. The number of likely N-dealkylation sites (tertiary alicyclic amines) is 1. The molecule has 0 bridgehead atoms. The van der Waals surface area contributed by atoms with Gasteiger partial charge in [0, 0.05) is 32.3 Å². The van der Waals surface area contributed by atoms with E-state index in [4.69, 9.17) is 5.11 Å². The lowest BCUT2D eigenvalue weighted by atomic mass is 9.90. The number of hydrogen-bond donors (Lipinski definition) is 3. The highest BCUT2D eigenvalue weighted by atomic mass is 16.3. The Kier molecular flexibility index (Phi) is 7.46. The van der Waals surface area contributed by atoms with Gasteiger partial charge in [-0.1, -0.05) is 27.7 Å². The molecule has 1 atom stereocenters. The number of aliphatic hydroxyl groups excluding tert-OH is 1. The van der Waals surface area contributed by atoms with Crippen molar-refractivity contribution in [2.45, 2.75) is 53.0 Å². The van der Waals surface area contributed by atoms with Crippen LogP contribution in [-0.4, -0.2) is 54.9 Å². The van der Waals surface area contributed by atoms with E-state index in [0.29, 0.717) is 24.9 Å². The Morgan fingerprint density at radius 1 is 1.38 bits per heavy atom. The number of aliphatic hydroxyl groups is 1. The van der Waals surface area contributed by atoms with Gasteiger partial charge in [0.2, 0.25) is 0 Å². The van der Waals surface area contributed by atoms with Gasteiger partial charge in [0.05, 0.1) is 0 Å². The third-order valence-corrected chi connectivity index (χ3v) is 4.11. The molecule has 0 unspecified atom stereocenters. The second-order valence-electron chi connectivity index (χ2n) is 7.39. The van der Waals surface area contributed by atoms with Crippen molar-refractivity contribution in [3.05, 3.63) is 0 Å². The molecule has 1 heterocycles. The van der Waals surface area contributed by atoms with E-state index in [1.807, 2.05) is 13.8 Å². The quantitative estimate of drug-likeness (QED) is 0.640. The number of rotatable bonds is 8. The molecule has 1 aliphatic heterocycles. The zero-order valence-corrected chi connectivity index (χ0v) is 14.1. The minimum Gasteiger partial charge on any atom is -0.396 e. The van der Waals surface area contributed by atoms with Crippen LogP contribution in [0.25, 0.3) is 0 Å². The second-order valence-corrected chi connectivity index (χ2v) is 7.39. The van der Waals surface area contributed by atoms with Crippen molar-refractivity contribution < 1.29 is 9.90 Å². The van der Waals surface area contributed by atoms with Gasteiger partial charge in [0.25, 0.3) is 0 Å². The standard InChI is InChI=1S/C16H33N3O2/c1-13(2)11-19-8-5-6-14(19)10-17-15(21)18-12-16(3,4)7-9-20/h13-14,20H,5-12H2,1-4H3,(H2,17,18,21)/t14-/m0/s1. The molecule has 2 amide bonds. The summed E-state index contributed by atoms with van der Waals surface area (Å²) < 4.78 is 0. The maximum Gasteiger partial charge on any atom is 0.314 e. The summed E-state index contributed by atoms with van der Waals surface area (Å²) in [4.78, 5) is 14.4. The van der Waals surface area contributed by atoms with Crippen LogP contribution in [0.3, 0.4) is 0 Å². The summed E-state index contributed by atoms with van der Waals surface area (Å²) in [6, 6.07) is 0.376. The first-order valence-electron chi connectivity index (χ1n) is 8.20. The monoisotopic (exact) mass is 299 g/mol. The highest BCUT2D eigenvalue weighted by Crippen LogP contribution is 2.19. The Morgan fingerprint density at radius 2 is 2.10 bits per heavy atom. The number of carbonyl (C=O) groups is 1. The van der Waals surface area contributed by atoms with Crippen molar-refractivity contribution in [1.82, 2.24) is 15.5 Å². The molecule has 0 aliphatic carbocycles. The van der Waals surface area contributed by atoms with Gasteiger partial charge in [-0.15, -0.1) is 0 Å². The number of hydrogen-bond acceptors (Lipinski definition) is 3. The average molecular weight is 299 g/mol. The van der Waals surface area contributed by atoms with Crippen molar-refractivity contribution in [2.24, 2.45) is 11.3 Å². The first kappa shape index (κ1) is 18.2. The van der Waals surface area contributed by atoms with Crippen LogP contribution < -0.4 is 10.6 Å². The van der Waals surface area contributed by atoms with Crippen LogP contribution in [0.2, 0.25) is 0 Å². The smallest absolute Gasteiger partial charge is 0.314 e. The minimum atomic E-state index is -0.0996. The fraction of sp³-hybridized carbons (Fsp3) is 0.938. The summed E-state index contributed by atoms with van der Waals surface area (Å²) in [5.74, 6) is 0.665. The molecule has 1 fully saturated rings. The van der Waals surface area contributed by atoms with Gasteiger partial charge in [0.15, 0.2) is 0 Å². The van der Waals surface area contributed by atoms with E-state index in [9.17, 15) is 4.79 Å². The molecule has 1 saturated heterocycles.